The fourth-order valence-corrected chi connectivity index (χ4v) is 2.45. The summed E-state index contributed by atoms with van der Waals surface area (Å²) in [6, 6.07) is 6.28. The van der Waals surface area contributed by atoms with E-state index in [1.54, 1.807) is 0 Å². The van der Waals surface area contributed by atoms with Gasteiger partial charge in [0.15, 0.2) is 0 Å². The molecule has 13 heavy (non-hydrogen) atoms. The molecule has 1 aliphatic rings. The highest BCUT2D eigenvalue weighted by Crippen LogP contribution is 2.31. The molecule has 1 nitrogen and oxygen atoms in total. The molecule has 0 saturated heterocycles. The molecule has 0 spiro atoms. The second-order valence-corrected chi connectivity index (χ2v) is 3.98. The summed E-state index contributed by atoms with van der Waals surface area (Å²) in [7, 11) is 0. The molecule has 0 N–H and O–H groups in total. The average molecular weight is 192 g/mol. The van der Waals surface area contributed by atoms with Gasteiger partial charge < -0.3 is 4.57 Å². The average Bonchev–Trinajstić information content (AvgIpc) is 2.57. The molecule has 1 aromatic carbocycles. The van der Waals surface area contributed by atoms with Crippen LogP contribution >= 0.6 is 11.6 Å². The Balaban J connectivity index is 2.50. The summed E-state index contributed by atoms with van der Waals surface area (Å²) < 4.78 is 2.31. The van der Waals surface area contributed by atoms with Crippen LogP contribution in [0.4, 0.5) is 0 Å². The van der Waals surface area contributed by atoms with Gasteiger partial charge in [0, 0.05) is 17.8 Å². The van der Waals surface area contributed by atoms with Gasteiger partial charge in [0.25, 0.3) is 0 Å². The fourth-order valence-electron chi connectivity index (χ4n) is 2.20. The molecule has 0 unspecified atom stereocenters. The first-order chi connectivity index (χ1) is 6.36. The lowest BCUT2D eigenvalue weighted by Crippen LogP contribution is -2.06. The molecule has 0 atom stereocenters. The molecule has 0 aliphatic carbocycles. The lowest BCUT2D eigenvalue weighted by molar-refractivity contribution is 0.636. The second kappa shape index (κ2) is 2.52. The highest BCUT2D eigenvalue weighted by molar-refractivity contribution is 6.32. The number of hydrogen-bond donors (Lipinski definition) is 0. The summed E-state index contributed by atoms with van der Waals surface area (Å²) in [5, 5.41) is 2.24. The molecule has 3 rings (SSSR count). The van der Waals surface area contributed by atoms with E-state index in [0.29, 0.717) is 0 Å². The van der Waals surface area contributed by atoms with E-state index in [4.69, 9.17) is 11.6 Å². The third-order valence-electron chi connectivity index (χ3n) is 2.80. The van der Waals surface area contributed by atoms with Gasteiger partial charge in [-0.15, -0.1) is 0 Å². The molecule has 66 valence electrons. The van der Waals surface area contributed by atoms with Crippen molar-refractivity contribution < 1.29 is 0 Å². The molecular formula is C11H10ClN. The van der Waals surface area contributed by atoms with Crippen LogP contribution in [0.5, 0.6) is 0 Å². The van der Waals surface area contributed by atoms with Crippen LogP contribution in [0, 0.1) is 0 Å². The lowest BCUT2D eigenvalue weighted by atomic mass is 10.0. The Morgan fingerprint density at radius 2 is 2.15 bits per heavy atom. The Labute approximate surface area is 81.9 Å². The largest absolute Gasteiger partial charge is 0.347 e. The summed E-state index contributed by atoms with van der Waals surface area (Å²) in [4.78, 5) is 0. The summed E-state index contributed by atoms with van der Waals surface area (Å²) in [5.41, 5.74) is 2.68. The van der Waals surface area contributed by atoms with Crippen molar-refractivity contribution in [2.75, 3.05) is 0 Å². The molecule has 0 bridgehead atoms. The molecule has 0 saturated carbocycles. The van der Waals surface area contributed by atoms with Gasteiger partial charge >= 0.3 is 0 Å². The van der Waals surface area contributed by atoms with Crippen molar-refractivity contribution in [3.8, 4) is 0 Å². The Morgan fingerprint density at radius 3 is 3.08 bits per heavy atom. The van der Waals surface area contributed by atoms with E-state index in [-0.39, 0.29) is 0 Å². The first-order valence-electron chi connectivity index (χ1n) is 4.62. The van der Waals surface area contributed by atoms with Crippen LogP contribution in [0.15, 0.2) is 24.4 Å². The standard InChI is InChI=1S/C11H10ClN/c12-10-4-3-8-5-7-13-6-1-2-9(10)11(8)13/h3-5,7H,1-2,6H2. The summed E-state index contributed by atoms with van der Waals surface area (Å²) in [6.45, 7) is 1.14. The highest BCUT2D eigenvalue weighted by Gasteiger charge is 2.14. The molecule has 2 aromatic rings. The molecule has 0 amide bonds. The fraction of sp³-hybridized carbons (Fsp3) is 0.273. The first-order valence-corrected chi connectivity index (χ1v) is 5.00. The maximum absolute atomic E-state index is 6.15. The van der Waals surface area contributed by atoms with Gasteiger partial charge in [0.1, 0.15) is 0 Å². The Hall–Kier alpha value is -0.950. The molecule has 0 fully saturated rings. The van der Waals surface area contributed by atoms with Crippen molar-refractivity contribution in [3.63, 3.8) is 0 Å². The summed E-state index contributed by atoms with van der Waals surface area (Å²) in [6.07, 6.45) is 4.49. The van der Waals surface area contributed by atoms with Crippen LogP contribution < -0.4 is 0 Å². The van der Waals surface area contributed by atoms with Gasteiger partial charge in [-0.3, -0.25) is 0 Å². The number of hydrogen-bond acceptors (Lipinski definition) is 0. The molecule has 2 heteroatoms. The molecular weight excluding hydrogens is 182 g/mol. The maximum Gasteiger partial charge on any atom is 0.0527 e. The minimum Gasteiger partial charge on any atom is -0.347 e. The van der Waals surface area contributed by atoms with E-state index in [1.165, 1.54) is 22.9 Å². The van der Waals surface area contributed by atoms with E-state index in [1.807, 2.05) is 6.07 Å². The van der Waals surface area contributed by atoms with Gasteiger partial charge in [-0.2, -0.15) is 0 Å². The monoisotopic (exact) mass is 191 g/mol. The van der Waals surface area contributed by atoms with Crippen LogP contribution in [0.3, 0.4) is 0 Å². The van der Waals surface area contributed by atoms with Crippen molar-refractivity contribution in [2.45, 2.75) is 19.4 Å². The van der Waals surface area contributed by atoms with Gasteiger partial charge in [-0.05, 0) is 35.9 Å². The molecule has 1 aliphatic heterocycles. The van der Waals surface area contributed by atoms with E-state index >= 15 is 0 Å². The van der Waals surface area contributed by atoms with Crippen LogP contribution in [0.1, 0.15) is 12.0 Å². The third kappa shape index (κ3) is 0.939. The van der Waals surface area contributed by atoms with E-state index in [9.17, 15) is 0 Å². The predicted octanol–water partition coefficient (Wildman–Crippen LogP) is 3.24. The normalized spacial score (nSPS) is 15.2. The van der Waals surface area contributed by atoms with Crippen molar-refractivity contribution in [2.24, 2.45) is 0 Å². The van der Waals surface area contributed by atoms with Crippen molar-refractivity contribution in [1.82, 2.24) is 4.57 Å². The van der Waals surface area contributed by atoms with E-state index in [0.717, 1.165) is 18.0 Å². The topological polar surface area (TPSA) is 4.93 Å². The Kier molecular flexibility index (Phi) is 1.44. The number of aromatic nitrogens is 1. The van der Waals surface area contributed by atoms with Crippen molar-refractivity contribution in [1.29, 1.82) is 0 Å². The lowest BCUT2D eigenvalue weighted by Gasteiger charge is -2.16. The van der Waals surface area contributed by atoms with Crippen LogP contribution in [0.25, 0.3) is 10.9 Å². The predicted molar refractivity (Wildman–Crippen MR) is 55.3 cm³/mol. The van der Waals surface area contributed by atoms with Gasteiger partial charge in [0.05, 0.1) is 5.52 Å². The van der Waals surface area contributed by atoms with Crippen LogP contribution in [0.2, 0.25) is 5.02 Å². The van der Waals surface area contributed by atoms with E-state index < -0.39 is 0 Å². The summed E-state index contributed by atoms with van der Waals surface area (Å²) in [5.74, 6) is 0. The van der Waals surface area contributed by atoms with Crippen molar-refractivity contribution >= 4 is 22.5 Å². The number of rotatable bonds is 0. The molecule has 0 radical (unpaired) electrons. The van der Waals surface area contributed by atoms with E-state index in [2.05, 4.69) is 22.9 Å². The SMILES string of the molecule is Clc1ccc2ccn3c2c1CCC3. The molecule has 2 heterocycles. The van der Waals surface area contributed by atoms with Crippen LogP contribution in [-0.4, -0.2) is 4.57 Å². The Bertz CT molecular complexity index is 470. The first kappa shape index (κ1) is 7.45. The van der Waals surface area contributed by atoms with Crippen LogP contribution in [-0.2, 0) is 13.0 Å². The smallest absolute Gasteiger partial charge is 0.0527 e. The second-order valence-electron chi connectivity index (χ2n) is 3.58. The van der Waals surface area contributed by atoms with Gasteiger partial charge in [-0.25, -0.2) is 0 Å². The zero-order valence-corrected chi connectivity index (χ0v) is 8.01. The number of benzene rings is 1. The minimum atomic E-state index is 0.923. The minimum absolute atomic E-state index is 0.923. The highest BCUT2D eigenvalue weighted by atomic mass is 35.5. The summed E-state index contributed by atoms with van der Waals surface area (Å²) >= 11 is 6.15. The maximum atomic E-state index is 6.15. The number of halogens is 1. The van der Waals surface area contributed by atoms with Gasteiger partial charge in [0.2, 0.25) is 0 Å². The third-order valence-corrected chi connectivity index (χ3v) is 3.16. The Morgan fingerprint density at radius 1 is 1.23 bits per heavy atom. The zero-order chi connectivity index (χ0) is 8.84. The zero-order valence-electron chi connectivity index (χ0n) is 7.26. The number of aryl methyl sites for hydroxylation is 2. The number of nitrogens with zero attached hydrogens (tertiary/aromatic N) is 1. The quantitative estimate of drug-likeness (QED) is 0.603. The van der Waals surface area contributed by atoms with Gasteiger partial charge in [-0.1, -0.05) is 17.7 Å². The van der Waals surface area contributed by atoms with Crippen molar-refractivity contribution in [3.05, 3.63) is 35.0 Å². The molecule has 1 aromatic heterocycles.